The second-order valence-electron chi connectivity index (χ2n) is 5.62. The molecule has 2 aliphatic heterocycles. The van der Waals surface area contributed by atoms with Crippen LogP contribution in [0.3, 0.4) is 0 Å². The number of rotatable bonds is 2. The number of aliphatic hydroxyl groups is 1. The van der Waals surface area contributed by atoms with Crippen LogP contribution in [0.1, 0.15) is 31.2 Å². The van der Waals surface area contributed by atoms with Crippen LogP contribution in [0, 0.1) is 5.82 Å². The first-order chi connectivity index (χ1) is 9.13. The van der Waals surface area contributed by atoms with Crippen LogP contribution in [0.5, 0.6) is 0 Å². The van der Waals surface area contributed by atoms with Crippen LogP contribution in [0.15, 0.2) is 24.3 Å². The van der Waals surface area contributed by atoms with E-state index in [1.165, 1.54) is 12.1 Å². The molecule has 0 spiro atoms. The summed E-state index contributed by atoms with van der Waals surface area (Å²) in [4.78, 5) is 14.3. The van der Waals surface area contributed by atoms with E-state index in [1.807, 2.05) is 4.90 Å². The van der Waals surface area contributed by atoms with Crippen molar-refractivity contribution in [2.75, 3.05) is 0 Å². The van der Waals surface area contributed by atoms with Crippen LogP contribution >= 0.6 is 0 Å². The molecule has 1 N–H and O–H groups in total. The summed E-state index contributed by atoms with van der Waals surface area (Å²) in [7, 11) is 0. The summed E-state index contributed by atoms with van der Waals surface area (Å²) < 4.78 is 13.1. The van der Waals surface area contributed by atoms with E-state index in [-0.39, 0.29) is 36.3 Å². The molecule has 0 aromatic heterocycles. The molecular formula is C15H18FNO2. The molecule has 0 radical (unpaired) electrons. The molecule has 2 unspecified atom stereocenters. The molecular weight excluding hydrogens is 245 g/mol. The average Bonchev–Trinajstić information content (AvgIpc) is 2.62. The molecule has 0 saturated carbocycles. The Morgan fingerprint density at radius 3 is 2.63 bits per heavy atom. The number of hydrogen-bond acceptors (Lipinski definition) is 2. The maximum Gasteiger partial charge on any atom is 0.227 e. The fourth-order valence-corrected chi connectivity index (χ4v) is 3.47. The van der Waals surface area contributed by atoms with E-state index in [1.54, 1.807) is 12.1 Å². The standard InChI is InChI=1S/C15H18FNO2/c16-11-3-1-2-10(6-11)7-15(19)17-12-4-5-13(17)9-14(18)8-12/h1-3,6,12-14,18H,4-5,7-9H2. The van der Waals surface area contributed by atoms with Gasteiger partial charge in [-0.15, -0.1) is 0 Å². The predicted molar refractivity (Wildman–Crippen MR) is 69.0 cm³/mol. The number of piperidine rings is 1. The van der Waals surface area contributed by atoms with Crippen LogP contribution in [0.2, 0.25) is 0 Å². The lowest BCUT2D eigenvalue weighted by atomic mass is 9.99. The first-order valence-electron chi connectivity index (χ1n) is 6.87. The highest BCUT2D eigenvalue weighted by Crippen LogP contribution is 2.36. The number of fused-ring (bicyclic) bond motifs is 2. The van der Waals surface area contributed by atoms with Gasteiger partial charge < -0.3 is 10.0 Å². The second-order valence-corrected chi connectivity index (χ2v) is 5.62. The normalized spacial score (nSPS) is 29.6. The summed E-state index contributed by atoms with van der Waals surface area (Å²) >= 11 is 0. The minimum atomic E-state index is -0.303. The van der Waals surface area contributed by atoms with Gasteiger partial charge in [-0.25, -0.2) is 4.39 Å². The van der Waals surface area contributed by atoms with Gasteiger partial charge in [0.1, 0.15) is 5.82 Å². The van der Waals surface area contributed by atoms with E-state index in [0.29, 0.717) is 12.8 Å². The summed E-state index contributed by atoms with van der Waals surface area (Å²) in [6.07, 6.45) is 3.32. The number of aliphatic hydroxyl groups excluding tert-OH is 1. The zero-order valence-corrected chi connectivity index (χ0v) is 10.8. The summed E-state index contributed by atoms with van der Waals surface area (Å²) in [5, 5.41) is 9.73. The number of carbonyl (C=O) groups is 1. The SMILES string of the molecule is O=C(Cc1cccc(F)c1)N1C2CCC1CC(O)C2. The molecule has 2 atom stereocenters. The third-order valence-electron chi connectivity index (χ3n) is 4.24. The largest absolute Gasteiger partial charge is 0.393 e. The van der Waals surface area contributed by atoms with Crippen LogP contribution in [-0.2, 0) is 11.2 Å². The van der Waals surface area contributed by atoms with Gasteiger partial charge >= 0.3 is 0 Å². The smallest absolute Gasteiger partial charge is 0.227 e. The van der Waals surface area contributed by atoms with Crippen molar-refractivity contribution in [2.45, 2.75) is 50.3 Å². The Kier molecular flexibility index (Phi) is 3.27. The lowest BCUT2D eigenvalue weighted by Gasteiger charge is -2.37. The Balaban J connectivity index is 1.71. The predicted octanol–water partition coefficient (Wildman–Crippen LogP) is 1.88. The Bertz CT molecular complexity index is 477. The lowest BCUT2D eigenvalue weighted by molar-refractivity contribution is -0.136. The van der Waals surface area contributed by atoms with Crippen LogP contribution in [-0.4, -0.2) is 34.1 Å². The first-order valence-corrected chi connectivity index (χ1v) is 6.87. The van der Waals surface area contributed by atoms with Crippen LogP contribution < -0.4 is 0 Å². The number of nitrogens with zero attached hydrogens (tertiary/aromatic N) is 1. The number of carbonyl (C=O) groups excluding carboxylic acids is 1. The summed E-state index contributed by atoms with van der Waals surface area (Å²) in [6, 6.07) is 6.56. The van der Waals surface area contributed by atoms with E-state index in [9.17, 15) is 14.3 Å². The van der Waals surface area contributed by atoms with Gasteiger partial charge in [-0.1, -0.05) is 12.1 Å². The molecule has 0 aliphatic carbocycles. The van der Waals surface area contributed by atoms with Gasteiger partial charge in [-0.05, 0) is 43.4 Å². The van der Waals surface area contributed by atoms with E-state index >= 15 is 0 Å². The van der Waals surface area contributed by atoms with Crippen molar-refractivity contribution in [3.8, 4) is 0 Å². The highest BCUT2D eigenvalue weighted by Gasteiger charge is 2.42. The van der Waals surface area contributed by atoms with E-state index < -0.39 is 0 Å². The molecule has 2 fully saturated rings. The fourth-order valence-electron chi connectivity index (χ4n) is 3.47. The zero-order valence-electron chi connectivity index (χ0n) is 10.8. The summed E-state index contributed by atoms with van der Waals surface area (Å²) in [6.45, 7) is 0. The first kappa shape index (κ1) is 12.6. The van der Waals surface area contributed by atoms with Crippen molar-refractivity contribution < 1.29 is 14.3 Å². The minimum absolute atomic E-state index is 0.0602. The molecule has 19 heavy (non-hydrogen) atoms. The molecule has 2 bridgehead atoms. The molecule has 1 amide bonds. The quantitative estimate of drug-likeness (QED) is 0.885. The zero-order chi connectivity index (χ0) is 13.4. The van der Waals surface area contributed by atoms with Crippen molar-refractivity contribution in [3.63, 3.8) is 0 Å². The third-order valence-corrected chi connectivity index (χ3v) is 4.24. The molecule has 4 heteroatoms. The molecule has 2 saturated heterocycles. The highest BCUT2D eigenvalue weighted by molar-refractivity contribution is 5.80. The van der Waals surface area contributed by atoms with Gasteiger partial charge in [-0.3, -0.25) is 4.79 Å². The van der Waals surface area contributed by atoms with Gasteiger partial charge in [0.15, 0.2) is 0 Å². The maximum atomic E-state index is 13.1. The molecule has 1 aromatic carbocycles. The Hall–Kier alpha value is -1.42. The maximum absolute atomic E-state index is 13.1. The lowest BCUT2D eigenvalue weighted by Crippen LogP contribution is -2.48. The highest BCUT2D eigenvalue weighted by atomic mass is 19.1. The topological polar surface area (TPSA) is 40.5 Å². The van der Waals surface area contributed by atoms with E-state index in [0.717, 1.165) is 18.4 Å². The Morgan fingerprint density at radius 2 is 2.00 bits per heavy atom. The van der Waals surface area contributed by atoms with Crippen molar-refractivity contribution in [1.82, 2.24) is 4.90 Å². The fraction of sp³-hybridized carbons (Fsp3) is 0.533. The molecule has 102 valence electrons. The number of hydrogen-bond donors (Lipinski definition) is 1. The van der Waals surface area contributed by atoms with Crippen LogP contribution in [0.25, 0.3) is 0 Å². The molecule has 1 aromatic rings. The van der Waals surface area contributed by atoms with E-state index in [4.69, 9.17) is 0 Å². The average molecular weight is 263 g/mol. The van der Waals surface area contributed by atoms with Crippen LogP contribution in [0.4, 0.5) is 4.39 Å². The number of benzene rings is 1. The molecule has 3 rings (SSSR count). The monoisotopic (exact) mass is 263 g/mol. The third kappa shape index (κ3) is 2.50. The van der Waals surface area contributed by atoms with Crippen molar-refractivity contribution in [2.24, 2.45) is 0 Å². The molecule has 2 aliphatic rings. The summed E-state index contributed by atoms with van der Waals surface area (Å²) in [5.41, 5.74) is 0.718. The van der Waals surface area contributed by atoms with Crippen molar-refractivity contribution in [3.05, 3.63) is 35.6 Å². The van der Waals surface area contributed by atoms with E-state index in [2.05, 4.69) is 0 Å². The van der Waals surface area contributed by atoms with Crippen molar-refractivity contribution in [1.29, 1.82) is 0 Å². The minimum Gasteiger partial charge on any atom is -0.393 e. The number of halogens is 1. The van der Waals surface area contributed by atoms with Gasteiger partial charge in [0.05, 0.1) is 12.5 Å². The Morgan fingerprint density at radius 1 is 1.32 bits per heavy atom. The van der Waals surface area contributed by atoms with Gasteiger partial charge in [0.25, 0.3) is 0 Å². The molecule has 2 heterocycles. The summed E-state index contributed by atoms with van der Waals surface area (Å²) in [5.74, 6) is -0.243. The Labute approximate surface area is 112 Å². The molecule has 3 nitrogen and oxygen atoms in total. The van der Waals surface area contributed by atoms with Gasteiger partial charge in [0, 0.05) is 12.1 Å². The van der Waals surface area contributed by atoms with Gasteiger partial charge in [-0.2, -0.15) is 0 Å². The second kappa shape index (κ2) is 4.93. The van der Waals surface area contributed by atoms with Gasteiger partial charge in [0.2, 0.25) is 5.91 Å². The van der Waals surface area contributed by atoms with Crippen molar-refractivity contribution >= 4 is 5.91 Å². The number of amides is 1.